The summed E-state index contributed by atoms with van der Waals surface area (Å²) >= 11 is 0. The summed E-state index contributed by atoms with van der Waals surface area (Å²) in [4.78, 5) is 0. The van der Waals surface area contributed by atoms with Gasteiger partial charge < -0.3 is 5.32 Å². The Morgan fingerprint density at radius 3 is 2.52 bits per heavy atom. The van der Waals surface area contributed by atoms with Gasteiger partial charge in [-0.1, -0.05) is 26.0 Å². The van der Waals surface area contributed by atoms with Gasteiger partial charge in [0.2, 0.25) is 0 Å². The Morgan fingerprint density at radius 1 is 1.19 bits per heavy atom. The van der Waals surface area contributed by atoms with E-state index in [1.54, 1.807) is 6.20 Å². The van der Waals surface area contributed by atoms with E-state index in [2.05, 4.69) is 48.5 Å². The average molecular weight is 283 g/mol. The van der Waals surface area contributed by atoms with Gasteiger partial charge >= 0.3 is 0 Å². The Kier molecular flexibility index (Phi) is 4.11. The fraction of sp³-hybridized carbons (Fsp3) is 0.500. The molecule has 0 atom stereocenters. The van der Waals surface area contributed by atoms with Crippen LogP contribution in [0.5, 0.6) is 0 Å². The zero-order valence-corrected chi connectivity index (χ0v) is 13.0. The van der Waals surface area contributed by atoms with E-state index < -0.39 is 0 Å². The van der Waals surface area contributed by atoms with Gasteiger partial charge in [-0.15, -0.1) is 0 Å². The van der Waals surface area contributed by atoms with Gasteiger partial charge in [-0.2, -0.15) is 5.10 Å². The number of nitrogens with one attached hydrogen (secondary N) is 1. The topological polar surface area (TPSA) is 29.9 Å². The maximum atomic E-state index is 4.25. The smallest absolute Gasteiger partial charge is 0.0645 e. The molecule has 1 saturated carbocycles. The molecule has 1 aliphatic carbocycles. The highest BCUT2D eigenvalue weighted by Gasteiger charge is 2.26. The summed E-state index contributed by atoms with van der Waals surface area (Å²) in [6.45, 7) is 5.74. The molecule has 3 rings (SSSR count). The number of nitrogens with zero attached hydrogens (tertiary/aromatic N) is 2. The molecule has 1 fully saturated rings. The van der Waals surface area contributed by atoms with Gasteiger partial charge in [-0.05, 0) is 54.9 Å². The minimum atomic E-state index is 0.545. The van der Waals surface area contributed by atoms with Crippen molar-refractivity contribution in [2.75, 3.05) is 0 Å². The van der Waals surface area contributed by atoms with E-state index in [1.807, 2.05) is 16.9 Å². The van der Waals surface area contributed by atoms with Crippen molar-refractivity contribution in [3.63, 3.8) is 0 Å². The lowest BCUT2D eigenvalue weighted by Gasteiger charge is -2.34. The van der Waals surface area contributed by atoms with Crippen molar-refractivity contribution in [3.8, 4) is 5.69 Å². The summed E-state index contributed by atoms with van der Waals surface area (Å²) < 4.78 is 1.89. The van der Waals surface area contributed by atoms with E-state index in [-0.39, 0.29) is 0 Å². The zero-order valence-electron chi connectivity index (χ0n) is 13.0. The molecule has 1 N–H and O–H groups in total. The SMILES string of the molecule is CC1(C)CCC(NCc2ccc(-n3cccn3)cc2)CC1. The molecular weight excluding hydrogens is 258 g/mol. The van der Waals surface area contributed by atoms with E-state index in [9.17, 15) is 0 Å². The van der Waals surface area contributed by atoms with Crippen molar-refractivity contribution >= 4 is 0 Å². The molecule has 1 aliphatic rings. The molecule has 0 unspecified atom stereocenters. The summed E-state index contributed by atoms with van der Waals surface area (Å²) in [5, 5.41) is 7.96. The van der Waals surface area contributed by atoms with Gasteiger partial charge in [-0.25, -0.2) is 4.68 Å². The second kappa shape index (κ2) is 6.02. The summed E-state index contributed by atoms with van der Waals surface area (Å²) in [6.07, 6.45) is 9.06. The van der Waals surface area contributed by atoms with Crippen molar-refractivity contribution in [3.05, 3.63) is 48.3 Å². The Balaban J connectivity index is 1.52. The third kappa shape index (κ3) is 3.73. The molecule has 0 radical (unpaired) electrons. The van der Waals surface area contributed by atoms with Crippen LogP contribution in [0.4, 0.5) is 0 Å². The summed E-state index contributed by atoms with van der Waals surface area (Å²) in [5.41, 5.74) is 3.00. The fourth-order valence-corrected chi connectivity index (χ4v) is 3.05. The van der Waals surface area contributed by atoms with Gasteiger partial charge in [0, 0.05) is 25.0 Å². The standard InChI is InChI=1S/C18H25N3/c1-18(2)10-8-16(9-11-18)19-14-15-4-6-17(7-5-15)21-13-3-12-20-21/h3-7,12-13,16,19H,8-11,14H2,1-2H3. The van der Waals surface area contributed by atoms with Gasteiger partial charge in [0.15, 0.2) is 0 Å². The molecule has 0 aliphatic heterocycles. The number of rotatable bonds is 4. The Morgan fingerprint density at radius 2 is 1.90 bits per heavy atom. The Bertz CT molecular complexity index is 545. The highest BCUT2D eigenvalue weighted by Crippen LogP contribution is 2.35. The molecule has 1 heterocycles. The third-order valence-electron chi connectivity index (χ3n) is 4.64. The van der Waals surface area contributed by atoms with Crippen LogP contribution in [0, 0.1) is 5.41 Å². The number of aromatic nitrogens is 2. The van der Waals surface area contributed by atoms with Crippen LogP contribution >= 0.6 is 0 Å². The van der Waals surface area contributed by atoms with Crippen molar-refractivity contribution in [1.82, 2.24) is 15.1 Å². The van der Waals surface area contributed by atoms with Gasteiger partial charge in [0.25, 0.3) is 0 Å². The normalized spacial score (nSPS) is 18.8. The van der Waals surface area contributed by atoms with E-state index in [0.717, 1.165) is 12.2 Å². The summed E-state index contributed by atoms with van der Waals surface area (Å²) in [7, 11) is 0. The van der Waals surface area contributed by atoms with Crippen LogP contribution in [0.3, 0.4) is 0 Å². The lowest BCUT2D eigenvalue weighted by molar-refractivity contribution is 0.206. The van der Waals surface area contributed by atoms with Crippen LogP contribution in [-0.4, -0.2) is 15.8 Å². The van der Waals surface area contributed by atoms with E-state index >= 15 is 0 Å². The van der Waals surface area contributed by atoms with E-state index in [1.165, 1.54) is 31.2 Å². The van der Waals surface area contributed by atoms with E-state index in [4.69, 9.17) is 0 Å². The summed E-state index contributed by atoms with van der Waals surface area (Å²) in [6, 6.07) is 11.3. The zero-order chi connectivity index (χ0) is 14.7. The van der Waals surface area contributed by atoms with Crippen LogP contribution in [0.25, 0.3) is 5.69 Å². The first kappa shape index (κ1) is 14.3. The molecule has 21 heavy (non-hydrogen) atoms. The third-order valence-corrected chi connectivity index (χ3v) is 4.64. The lowest BCUT2D eigenvalue weighted by atomic mass is 9.75. The molecule has 112 valence electrons. The first-order valence-electron chi connectivity index (χ1n) is 7.95. The van der Waals surface area contributed by atoms with Crippen molar-refractivity contribution in [1.29, 1.82) is 0 Å². The van der Waals surface area contributed by atoms with Gasteiger partial charge in [-0.3, -0.25) is 0 Å². The monoisotopic (exact) mass is 283 g/mol. The fourth-order valence-electron chi connectivity index (χ4n) is 3.05. The highest BCUT2D eigenvalue weighted by molar-refractivity contribution is 5.33. The van der Waals surface area contributed by atoms with Crippen LogP contribution in [-0.2, 0) is 6.54 Å². The first-order chi connectivity index (χ1) is 10.1. The molecule has 0 spiro atoms. The van der Waals surface area contributed by atoms with Gasteiger partial charge in [0.1, 0.15) is 0 Å². The molecule has 0 amide bonds. The number of hydrogen-bond donors (Lipinski definition) is 1. The average Bonchev–Trinajstić information content (AvgIpc) is 3.01. The first-order valence-corrected chi connectivity index (χ1v) is 7.95. The maximum Gasteiger partial charge on any atom is 0.0645 e. The molecule has 3 nitrogen and oxygen atoms in total. The molecule has 2 aromatic rings. The number of hydrogen-bond acceptors (Lipinski definition) is 2. The van der Waals surface area contributed by atoms with Crippen molar-refractivity contribution in [2.45, 2.75) is 52.1 Å². The minimum absolute atomic E-state index is 0.545. The van der Waals surface area contributed by atoms with Crippen LogP contribution in [0.15, 0.2) is 42.7 Å². The molecule has 3 heteroatoms. The molecule has 0 bridgehead atoms. The lowest BCUT2D eigenvalue weighted by Crippen LogP contribution is -2.35. The second-order valence-corrected chi connectivity index (χ2v) is 6.94. The Hall–Kier alpha value is -1.61. The largest absolute Gasteiger partial charge is 0.310 e. The van der Waals surface area contributed by atoms with Crippen LogP contribution in [0.1, 0.15) is 45.1 Å². The van der Waals surface area contributed by atoms with Crippen molar-refractivity contribution < 1.29 is 0 Å². The second-order valence-electron chi connectivity index (χ2n) is 6.94. The molecule has 1 aromatic carbocycles. The maximum absolute atomic E-state index is 4.25. The molecular formula is C18H25N3. The molecule has 1 aromatic heterocycles. The van der Waals surface area contributed by atoms with Gasteiger partial charge in [0.05, 0.1) is 5.69 Å². The predicted octanol–water partition coefficient (Wildman–Crippen LogP) is 3.93. The Labute approximate surface area is 127 Å². The van der Waals surface area contributed by atoms with E-state index in [0.29, 0.717) is 11.5 Å². The number of benzene rings is 1. The minimum Gasteiger partial charge on any atom is -0.310 e. The van der Waals surface area contributed by atoms with Crippen LogP contribution in [0.2, 0.25) is 0 Å². The summed E-state index contributed by atoms with van der Waals surface area (Å²) in [5.74, 6) is 0. The highest BCUT2D eigenvalue weighted by atomic mass is 15.3. The van der Waals surface area contributed by atoms with Crippen molar-refractivity contribution in [2.24, 2.45) is 5.41 Å². The molecule has 0 saturated heterocycles. The predicted molar refractivity (Wildman–Crippen MR) is 86.4 cm³/mol. The quantitative estimate of drug-likeness (QED) is 0.921. The van der Waals surface area contributed by atoms with Crippen LogP contribution < -0.4 is 5.32 Å².